The monoisotopic (exact) mass is 498 g/mol. The molecule has 3 saturated carbocycles. The number of fused-ring (bicyclic) bond motifs is 3. The Kier molecular flexibility index (Phi) is 7.07. The summed E-state index contributed by atoms with van der Waals surface area (Å²) in [5, 5.41) is 33.5. The maximum Gasteiger partial charge on any atom is 0.338 e. The molecule has 8 nitrogen and oxygen atoms in total. The zero-order valence-electron chi connectivity index (χ0n) is 21.5. The largest absolute Gasteiger partial charge is 0.508 e. The van der Waals surface area contributed by atoms with E-state index in [0.29, 0.717) is 6.42 Å². The van der Waals surface area contributed by atoms with Crippen LogP contribution in [0.2, 0.25) is 0 Å². The average Bonchev–Trinajstić information content (AvgIpc) is 3.01. The summed E-state index contributed by atoms with van der Waals surface area (Å²) in [5.74, 6) is -7.69. The summed E-state index contributed by atoms with van der Waals surface area (Å²) in [6.45, 7) is 8.87. The van der Waals surface area contributed by atoms with E-state index in [2.05, 4.69) is 0 Å². The molecule has 36 heavy (non-hydrogen) atoms. The van der Waals surface area contributed by atoms with Gasteiger partial charge in [0.05, 0.1) is 5.57 Å². The molecule has 0 amide bonds. The Morgan fingerprint density at radius 1 is 1.08 bits per heavy atom. The van der Waals surface area contributed by atoms with Crippen LogP contribution in [0.25, 0.3) is 0 Å². The van der Waals surface area contributed by atoms with Gasteiger partial charge in [-0.05, 0) is 54.0 Å². The van der Waals surface area contributed by atoms with E-state index in [9.17, 15) is 34.5 Å². The highest BCUT2D eigenvalue weighted by Gasteiger charge is 2.77. The van der Waals surface area contributed by atoms with Crippen molar-refractivity contribution in [1.82, 2.24) is 0 Å². The van der Waals surface area contributed by atoms with E-state index in [4.69, 9.17) is 4.74 Å². The second-order valence-corrected chi connectivity index (χ2v) is 10.2. The molecule has 2 bridgehead atoms. The minimum Gasteiger partial charge on any atom is -0.508 e. The standard InChI is InChI=1S/C28H34O8/c1-7-9-11-13-16(29)18-20-21(28(6)22(31)15(3)24(33)36-28)19(17(30)14-12-10-8-2)26(4,23(18)32)25(34)27(20,5)35/h7-11,13,19-21,29,31,35H,12,14H2,1-6H3/b9-7+,10-8+,13-11+,18-16-/t19-,20-,21-,26-,27?,28-/m0/s1. The fraction of sp³-hybridized carbons (Fsp3) is 0.500. The van der Waals surface area contributed by atoms with Crippen LogP contribution >= 0.6 is 0 Å². The lowest BCUT2D eigenvalue weighted by Crippen LogP contribution is -2.75. The van der Waals surface area contributed by atoms with Crippen LogP contribution in [0.3, 0.4) is 0 Å². The Bertz CT molecular complexity index is 1160. The van der Waals surface area contributed by atoms with Crippen molar-refractivity contribution in [2.45, 2.75) is 65.6 Å². The molecular weight excluding hydrogens is 464 g/mol. The zero-order chi connectivity index (χ0) is 27.2. The maximum absolute atomic E-state index is 13.9. The number of esters is 1. The summed E-state index contributed by atoms with van der Waals surface area (Å²) < 4.78 is 5.61. The normalized spacial score (nSPS) is 38.2. The predicted molar refractivity (Wildman–Crippen MR) is 132 cm³/mol. The van der Waals surface area contributed by atoms with E-state index < -0.39 is 69.2 Å². The number of ketones is 3. The highest BCUT2D eigenvalue weighted by Crippen LogP contribution is 2.64. The first-order chi connectivity index (χ1) is 16.7. The minimum atomic E-state index is -2.20. The second kappa shape index (κ2) is 9.32. The molecule has 1 aliphatic heterocycles. The zero-order valence-corrected chi connectivity index (χ0v) is 21.5. The molecule has 6 atom stereocenters. The van der Waals surface area contributed by atoms with Crippen LogP contribution in [-0.2, 0) is 23.9 Å². The highest BCUT2D eigenvalue weighted by atomic mass is 16.6. The van der Waals surface area contributed by atoms with Gasteiger partial charge in [0.25, 0.3) is 0 Å². The molecule has 1 heterocycles. The fourth-order valence-corrected chi connectivity index (χ4v) is 6.18. The first kappa shape index (κ1) is 27.3. The maximum atomic E-state index is 13.9. The quantitative estimate of drug-likeness (QED) is 0.120. The number of cyclic esters (lactones) is 1. The van der Waals surface area contributed by atoms with Gasteiger partial charge in [-0.3, -0.25) is 14.4 Å². The van der Waals surface area contributed by atoms with Crippen LogP contribution in [0.5, 0.6) is 0 Å². The molecular formula is C28H34O8. The smallest absolute Gasteiger partial charge is 0.338 e. The van der Waals surface area contributed by atoms with Crippen LogP contribution in [0, 0.1) is 23.2 Å². The summed E-state index contributed by atoms with van der Waals surface area (Å²) in [6.07, 6.45) is 9.98. The number of Topliss-reactive ketones (excluding diaryl/α,β-unsaturated/α-hetero) is 3. The molecule has 4 rings (SSSR count). The van der Waals surface area contributed by atoms with Gasteiger partial charge in [0, 0.05) is 29.7 Å². The van der Waals surface area contributed by atoms with Crippen LogP contribution in [0.15, 0.2) is 59.1 Å². The molecule has 0 spiro atoms. The summed E-state index contributed by atoms with van der Waals surface area (Å²) in [5.41, 5.74) is -6.38. The number of allylic oxidation sites excluding steroid dienone is 6. The van der Waals surface area contributed by atoms with Crippen LogP contribution in [0.4, 0.5) is 0 Å². The second-order valence-electron chi connectivity index (χ2n) is 10.2. The Morgan fingerprint density at radius 3 is 2.25 bits per heavy atom. The van der Waals surface area contributed by atoms with Crippen molar-refractivity contribution in [2.75, 3.05) is 0 Å². The van der Waals surface area contributed by atoms with Crippen LogP contribution in [0.1, 0.15) is 54.4 Å². The molecule has 0 aromatic rings. The van der Waals surface area contributed by atoms with Crippen molar-refractivity contribution in [1.29, 1.82) is 0 Å². The van der Waals surface area contributed by atoms with Gasteiger partial charge in [0.15, 0.2) is 17.2 Å². The first-order valence-corrected chi connectivity index (χ1v) is 12.0. The molecule has 4 aliphatic rings. The van der Waals surface area contributed by atoms with Crippen molar-refractivity contribution in [3.05, 3.63) is 59.1 Å². The summed E-state index contributed by atoms with van der Waals surface area (Å²) in [6, 6.07) is 0. The van der Waals surface area contributed by atoms with Crippen molar-refractivity contribution in [2.24, 2.45) is 23.2 Å². The van der Waals surface area contributed by atoms with E-state index >= 15 is 0 Å². The Labute approximate surface area is 210 Å². The molecule has 0 saturated heterocycles. The average molecular weight is 499 g/mol. The summed E-state index contributed by atoms with van der Waals surface area (Å²) >= 11 is 0. The van der Waals surface area contributed by atoms with Crippen molar-refractivity contribution < 1.29 is 39.2 Å². The minimum absolute atomic E-state index is 0.00374. The van der Waals surface area contributed by atoms with E-state index in [0.717, 1.165) is 0 Å². The summed E-state index contributed by atoms with van der Waals surface area (Å²) in [7, 11) is 0. The van der Waals surface area contributed by atoms with Gasteiger partial charge in [0.2, 0.25) is 0 Å². The lowest BCUT2D eigenvalue weighted by atomic mass is 9.40. The number of rotatable bonds is 7. The number of aliphatic hydroxyl groups is 3. The Balaban J connectivity index is 2.36. The first-order valence-electron chi connectivity index (χ1n) is 12.0. The van der Waals surface area contributed by atoms with Crippen molar-refractivity contribution >= 4 is 23.3 Å². The van der Waals surface area contributed by atoms with Gasteiger partial charge in [-0.15, -0.1) is 0 Å². The van der Waals surface area contributed by atoms with Gasteiger partial charge in [-0.2, -0.15) is 0 Å². The van der Waals surface area contributed by atoms with Crippen LogP contribution < -0.4 is 0 Å². The topological polar surface area (TPSA) is 138 Å². The molecule has 3 fully saturated rings. The highest BCUT2D eigenvalue weighted by molar-refractivity contribution is 6.23. The van der Waals surface area contributed by atoms with Gasteiger partial charge in [-0.25, -0.2) is 4.79 Å². The third kappa shape index (κ3) is 3.70. The number of hydrogen-bond donors (Lipinski definition) is 3. The van der Waals surface area contributed by atoms with E-state index in [1.54, 1.807) is 38.2 Å². The SMILES string of the molecule is C/C=C/C=C/C(O)=C1/C(=O)[C@@]2(C)C(=O)C(C)(O)[C@@H]1[C@@H]([C@]1(C)OC(=O)C(C)=C1O)[C@@H]2C(=O)CC/C=C/C. The predicted octanol–water partition coefficient (Wildman–Crippen LogP) is 3.78. The van der Waals surface area contributed by atoms with E-state index in [-0.39, 0.29) is 17.6 Å². The van der Waals surface area contributed by atoms with Gasteiger partial charge in [0.1, 0.15) is 28.3 Å². The number of carbonyl (C=O) groups excluding carboxylic acids is 4. The molecule has 0 aromatic carbocycles. The number of ether oxygens (including phenoxy) is 1. The Hall–Kier alpha value is -3.26. The van der Waals surface area contributed by atoms with Gasteiger partial charge < -0.3 is 20.1 Å². The third-order valence-electron chi connectivity index (χ3n) is 7.95. The van der Waals surface area contributed by atoms with Crippen molar-refractivity contribution in [3.8, 4) is 0 Å². The molecule has 0 radical (unpaired) electrons. The molecule has 0 aromatic heterocycles. The van der Waals surface area contributed by atoms with Gasteiger partial charge >= 0.3 is 5.97 Å². The molecule has 194 valence electrons. The summed E-state index contributed by atoms with van der Waals surface area (Å²) in [4.78, 5) is 53.6. The Morgan fingerprint density at radius 2 is 1.72 bits per heavy atom. The number of hydrogen-bond acceptors (Lipinski definition) is 8. The van der Waals surface area contributed by atoms with E-state index in [1.165, 1.54) is 39.8 Å². The molecule has 8 heteroatoms. The van der Waals surface area contributed by atoms with Crippen LogP contribution in [-0.4, -0.2) is 49.8 Å². The number of aliphatic hydroxyl groups excluding tert-OH is 2. The lowest BCUT2D eigenvalue weighted by molar-refractivity contribution is -0.204. The lowest BCUT2D eigenvalue weighted by Gasteiger charge is -2.61. The molecule has 3 aliphatic carbocycles. The van der Waals surface area contributed by atoms with Crippen molar-refractivity contribution in [3.63, 3.8) is 0 Å². The van der Waals surface area contributed by atoms with E-state index in [1.807, 2.05) is 0 Å². The third-order valence-corrected chi connectivity index (χ3v) is 7.95. The molecule has 1 unspecified atom stereocenters. The number of carbonyl (C=O) groups is 4. The molecule has 3 N–H and O–H groups in total. The fourth-order valence-electron chi connectivity index (χ4n) is 6.18. The van der Waals surface area contributed by atoms with Gasteiger partial charge in [-0.1, -0.05) is 30.4 Å².